The summed E-state index contributed by atoms with van der Waals surface area (Å²) in [5.74, 6) is 1.52. The van der Waals surface area contributed by atoms with Crippen molar-refractivity contribution in [3.8, 4) is 0 Å². The average molecular weight is 287 g/mol. The van der Waals surface area contributed by atoms with Crippen molar-refractivity contribution in [3.05, 3.63) is 59.5 Å². The van der Waals surface area contributed by atoms with E-state index in [1.165, 1.54) is 5.56 Å². The lowest BCUT2D eigenvalue weighted by Crippen LogP contribution is -2.31. The second-order valence-corrected chi connectivity index (χ2v) is 6.03. The summed E-state index contributed by atoms with van der Waals surface area (Å²) in [6.45, 7) is 7.03. The van der Waals surface area contributed by atoms with E-state index < -0.39 is 6.10 Å². The van der Waals surface area contributed by atoms with Gasteiger partial charge in [-0.3, -0.25) is 0 Å². The zero-order chi connectivity index (χ0) is 15.2. The van der Waals surface area contributed by atoms with Gasteiger partial charge in [0, 0.05) is 6.04 Å². The Morgan fingerprint density at radius 1 is 1.10 bits per heavy atom. The van der Waals surface area contributed by atoms with Crippen molar-refractivity contribution >= 4 is 0 Å². The summed E-state index contributed by atoms with van der Waals surface area (Å²) in [5.41, 5.74) is 2.26. The molecule has 0 bridgehead atoms. The van der Waals surface area contributed by atoms with Gasteiger partial charge in [-0.1, -0.05) is 38.1 Å². The van der Waals surface area contributed by atoms with Crippen LogP contribution < -0.4 is 5.32 Å². The summed E-state index contributed by atoms with van der Waals surface area (Å²) in [4.78, 5) is 0. The topological polar surface area (TPSA) is 45.4 Å². The van der Waals surface area contributed by atoms with Crippen LogP contribution in [0.3, 0.4) is 0 Å². The second kappa shape index (κ2) is 7.43. The Morgan fingerprint density at radius 2 is 1.81 bits per heavy atom. The molecular formula is C18H25NO2. The minimum Gasteiger partial charge on any atom is -0.468 e. The first kappa shape index (κ1) is 15.8. The second-order valence-electron chi connectivity index (χ2n) is 6.03. The zero-order valence-corrected chi connectivity index (χ0v) is 13.0. The molecule has 3 heteroatoms. The summed E-state index contributed by atoms with van der Waals surface area (Å²) in [6, 6.07) is 12.0. The molecule has 0 spiro atoms. The Kier molecular flexibility index (Phi) is 5.59. The summed E-state index contributed by atoms with van der Waals surface area (Å²) in [5, 5.41) is 13.7. The van der Waals surface area contributed by atoms with Gasteiger partial charge in [0.05, 0.1) is 18.9 Å². The number of nitrogens with one attached hydrogen (secondary N) is 1. The third-order valence-corrected chi connectivity index (χ3v) is 3.62. The average Bonchev–Trinajstić information content (AvgIpc) is 2.97. The minimum atomic E-state index is -0.520. The first-order valence-corrected chi connectivity index (χ1v) is 7.59. The van der Waals surface area contributed by atoms with E-state index in [0.717, 1.165) is 17.7 Å². The van der Waals surface area contributed by atoms with Crippen LogP contribution in [0.4, 0.5) is 0 Å². The largest absolute Gasteiger partial charge is 0.468 e. The number of rotatable bonds is 7. The van der Waals surface area contributed by atoms with Crippen molar-refractivity contribution in [2.24, 2.45) is 5.92 Å². The molecule has 1 aromatic heterocycles. The Labute approximate surface area is 127 Å². The van der Waals surface area contributed by atoms with Crippen LogP contribution in [0.15, 0.2) is 47.1 Å². The van der Waals surface area contributed by atoms with Gasteiger partial charge in [-0.05, 0) is 42.5 Å². The molecule has 1 aromatic carbocycles. The molecule has 0 saturated heterocycles. The molecular weight excluding hydrogens is 262 g/mol. The fourth-order valence-electron chi connectivity index (χ4n) is 2.40. The zero-order valence-electron chi connectivity index (χ0n) is 13.0. The molecule has 2 aromatic rings. The molecule has 0 aliphatic heterocycles. The highest BCUT2D eigenvalue weighted by molar-refractivity contribution is 5.25. The molecule has 1 heterocycles. The summed E-state index contributed by atoms with van der Waals surface area (Å²) < 4.78 is 5.28. The van der Waals surface area contributed by atoms with Gasteiger partial charge in [-0.15, -0.1) is 0 Å². The monoisotopic (exact) mass is 287 g/mol. The molecule has 2 atom stereocenters. The SMILES string of the molecule is CC(C)Cc1ccc(C(O)C(C)NCc2ccco2)cc1. The Bertz CT molecular complexity index is 517. The van der Waals surface area contributed by atoms with Crippen LogP contribution in [0.25, 0.3) is 0 Å². The van der Waals surface area contributed by atoms with Gasteiger partial charge in [0.25, 0.3) is 0 Å². The lowest BCUT2D eigenvalue weighted by Gasteiger charge is -2.20. The molecule has 2 unspecified atom stereocenters. The molecule has 21 heavy (non-hydrogen) atoms. The minimum absolute atomic E-state index is 0.0361. The van der Waals surface area contributed by atoms with Crippen LogP contribution in [0.2, 0.25) is 0 Å². The fourth-order valence-corrected chi connectivity index (χ4v) is 2.40. The standard InChI is InChI=1S/C18H25NO2/c1-13(2)11-15-6-8-16(9-7-15)18(20)14(3)19-12-17-5-4-10-21-17/h4-10,13-14,18-20H,11-12H2,1-3H3. The lowest BCUT2D eigenvalue weighted by atomic mass is 9.98. The van der Waals surface area contributed by atoms with E-state index in [-0.39, 0.29) is 6.04 Å². The van der Waals surface area contributed by atoms with Crippen LogP contribution in [0.1, 0.15) is 43.8 Å². The third kappa shape index (κ3) is 4.73. The quantitative estimate of drug-likeness (QED) is 0.816. The van der Waals surface area contributed by atoms with E-state index in [1.807, 2.05) is 31.2 Å². The molecule has 0 aliphatic rings. The van der Waals surface area contributed by atoms with E-state index >= 15 is 0 Å². The van der Waals surface area contributed by atoms with Crippen LogP contribution in [-0.2, 0) is 13.0 Å². The molecule has 114 valence electrons. The number of hydrogen-bond acceptors (Lipinski definition) is 3. The first-order chi connectivity index (χ1) is 10.1. The Balaban J connectivity index is 1.90. The molecule has 2 N–H and O–H groups in total. The van der Waals surface area contributed by atoms with E-state index in [4.69, 9.17) is 4.42 Å². The van der Waals surface area contributed by atoms with Crippen molar-refractivity contribution in [3.63, 3.8) is 0 Å². The molecule has 2 rings (SSSR count). The summed E-state index contributed by atoms with van der Waals surface area (Å²) in [7, 11) is 0. The number of aliphatic hydroxyl groups excluding tert-OH is 1. The number of aliphatic hydroxyl groups is 1. The normalized spacial score (nSPS) is 14.3. The van der Waals surface area contributed by atoms with Gasteiger partial charge in [0.2, 0.25) is 0 Å². The summed E-state index contributed by atoms with van der Waals surface area (Å²) in [6.07, 6.45) is 2.21. The van der Waals surface area contributed by atoms with Gasteiger partial charge in [-0.2, -0.15) is 0 Å². The van der Waals surface area contributed by atoms with Crippen molar-refractivity contribution < 1.29 is 9.52 Å². The molecule has 0 radical (unpaired) electrons. The van der Waals surface area contributed by atoms with Gasteiger partial charge in [0.1, 0.15) is 5.76 Å². The molecule has 0 saturated carbocycles. The van der Waals surface area contributed by atoms with Crippen LogP contribution in [0.5, 0.6) is 0 Å². The van der Waals surface area contributed by atoms with Crippen molar-refractivity contribution in [1.82, 2.24) is 5.32 Å². The van der Waals surface area contributed by atoms with Crippen molar-refractivity contribution in [2.75, 3.05) is 0 Å². The van der Waals surface area contributed by atoms with E-state index in [9.17, 15) is 5.11 Å². The van der Waals surface area contributed by atoms with Crippen LogP contribution >= 0.6 is 0 Å². The van der Waals surface area contributed by atoms with Gasteiger partial charge >= 0.3 is 0 Å². The number of furan rings is 1. The van der Waals surface area contributed by atoms with Gasteiger partial charge in [-0.25, -0.2) is 0 Å². The van der Waals surface area contributed by atoms with E-state index in [0.29, 0.717) is 12.5 Å². The predicted molar refractivity (Wildman–Crippen MR) is 85.0 cm³/mol. The lowest BCUT2D eigenvalue weighted by molar-refractivity contribution is 0.134. The highest BCUT2D eigenvalue weighted by Gasteiger charge is 2.16. The molecule has 0 amide bonds. The first-order valence-electron chi connectivity index (χ1n) is 7.59. The van der Waals surface area contributed by atoms with Gasteiger partial charge < -0.3 is 14.8 Å². The fraction of sp³-hybridized carbons (Fsp3) is 0.444. The maximum atomic E-state index is 10.4. The van der Waals surface area contributed by atoms with Crippen molar-refractivity contribution in [1.29, 1.82) is 0 Å². The molecule has 0 aliphatic carbocycles. The van der Waals surface area contributed by atoms with Crippen LogP contribution in [-0.4, -0.2) is 11.1 Å². The molecule has 3 nitrogen and oxygen atoms in total. The summed E-state index contributed by atoms with van der Waals surface area (Å²) >= 11 is 0. The highest BCUT2D eigenvalue weighted by atomic mass is 16.3. The number of hydrogen-bond donors (Lipinski definition) is 2. The van der Waals surface area contributed by atoms with Crippen LogP contribution in [0, 0.1) is 5.92 Å². The third-order valence-electron chi connectivity index (χ3n) is 3.62. The number of benzene rings is 1. The van der Waals surface area contributed by atoms with Gasteiger partial charge in [0.15, 0.2) is 0 Å². The molecule has 0 fully saturated rings. The Hall–Kier alpha value is -1.58. The Morgan fingerprint density at radius 3 is 2.38 bits per heavy atom. The van der Waals surface area contributed by atoms with E-state index in [2.05, 4.69) is 31.3 Å². The smallest absolute Gasteiger partial charge is 0.117 e. The maximum absolute atomic E-state index is 10.4. The van der Waals surface area contributed by atoms with E-state index in [1.54, 1.807) is 6.26 Å². The highest BCUT2D eigenvalue weighted by Crippen LogP contribution is 2.19. The van der Waals surface area contributed by atoms with Crippen molar-refractivity contribution in [2.45, 2.75) is 45.9 Å². The maximum Gasteiger partial charge on any atom is 0.117 e. The predicted octanol–water partition coefficient (Wildman–Crippen LogP) is 3.69.